The van der Waals surface area contributed by atoms with E-state index in [0.717, 1.165) is 11.0 Å². The number of carbonyl (C=O) groups excluding carboxylic acids is 1. The molecule has 1 heterocycles. The summed E-state index contributed by atoms with van der Waals surface area (Å²) in [7, 11) is 0. The number of benzene rings is 1. The number of nitrogens with zero attached hydrogens (tertiary/aromatic N) is 1. The molecule has 1 aromatic carbocycles. The summed E-state index contributed by atoms with van der Waals surface area (Å²) in [5.41, 5.74) is 3.85. The van der Waals surface area contributed by atoms with Crippen LogP contribution in [0.5, 0.6) is 0 Å². The summed E-state index contributed by atoms with van der Waals surface area (Å²) in [4.78, 5) is 13.8. The summed E-state index contributed by atoms with van der Waals surface area (Å²) < 4.78 is 1.12. The van der Waals surface area contributed by atoms with E-state index in [1.54, 1.807) is 0 Å². The van der Waals surface area contributed by atoms with E-state index in [2.05, 4.69) is 53.7 Å². The van der Waals surface area contributed by atoms with Crippen LogP contribution in [0.2, 0.25) is 0 Å². The third kappa shape index (κ3) is 2.54. The number of carbonyl (C=O) groups is 1. The van der Waals surface area contributed by atoms with Crippen LogP contribution >= 0.6 is 15.9 Å². The predicted molar refractivity (Wildman–Crippen MR) is 74.7 cm³/mol. The number of ketones is 1. The minimum atomic E-state index is 0.315. The summed E-state index contributed by atoms with van der Waals surface area (Å²) in [6, 6.07) is 4.60. The van der Waals surface area contributed by atoms with Gasteiger partial charge < -0.3 is 4.90 Å². The molecule has 1 saturated heterocycles. The van der Waals surface area contributed by atoms with Gasteiger partial charge in [0.1, 0.15) is 5.78 Å². The number of hydrogen-bond acceptors (Lipinski definition) is 2. The van der Waals surface area contributed by atoms with Gasteiger partial charge in [-0.2, -0.15) is 0 Å². The van der Waals surface area contributed by atoms with Crippen molar-refractivity contribution >= 4 is 27.4 Å². The molecule has 0 bridgehead atoms. The van der Waals surface area contributed by atoms with Crippen molar-refractivity contribution in [3.63, 3.8) is 0 Å². The molecule has 2 nitrogen and oxygen atoms in total. The standard InChI is InChI=1S/C14H18BrNO/c1-9-6-12(15)7-10(2)14(9)16-5-4-13(17)8-11(16)3/h6-7,11H,4-5,8H2,1-3H3. The summed E-state index contributed by atoms with van der Waals surface area (Å²) in [6.07, 6.45) is 1.36. The molecule has 1 aromatic rings. The molecule has 0 spiro atoms. The number of aryl methyl sites for hydroxylation is 2. The highest BCUT2D eigenvalue weighted by atomic mass is 79.9. The first-order valence-corrected chi connectivity index (χ1v) is 6.83. The highest BCUT2D eigenvalue weighted by Gasteiger charge is 2.25. The second kappa shape index (κ2) is 4.81. The van der Waals surface area contributed by atoms with E-state index in [4.69, 9.17) is 0 Å². The first-order valence-electron chi connectivity index (χ1n) is 6.04. The Hall–Kier alpha value is -0.830. The fourth-order valence-electron chi connectivity index (χ4n) is 2.70. The van der Waals surface area contributed by atoms with E-state index in [0.29, 0.717) is 24.7 Å². The van der Waals surface area contributed by atoms with Crippen molar-refractivity contribution < 1.29 is 4.79 Å². The number of anilines is 1. The quantitative estimate of drug-likeness (QED) is 0.789. The van der Waals surface area contributed by atoms with E-state index in [9.17, 15) is 4.79 Å². The van der Waals surface area contributed by atoms with Crippen molar-refractivity contribution in [2.75, 3.05) is 11.4 Å². The number of Topliss-reactive ketones (excluding diaryl/α,β-unsaturated/α-hetero) is 1. The molecule has 1 unspecified atom stereocenters. The van der Waals surface area contributed by atoms with E-state index in [1.165, 1.54) is 16.8 Å². The Morgan fingerprint density at radius 3 is 2.41 bits per heavy atom. The van der Waals surface area contributed by atoms with Crippen LogP contribution in [-0.4, -0.2) is 18.4 Å². The van der Waals surface area contributed by atoms with Crippen molar-refractivity contribution in [3.05, 3.63) is 27.7 Å². The molecule has 0 aliphatic carbocycles. The lowest BCUT2D eigenvalue weighted by Gasteiger charge is -2.36. The maximum atomic E-state index is 11.4. The molecule has 1 aliphatic heterocycles. The van der Waals surface area contributed by atoms with E-state index in [-0.39, 0.29) is 0 Å². The number of rotatable bonds is 1. The molecule has 0 amide bonds. The van der Waals surface area contributed by atoms with E-state index >= 15 is 0 Å². The van der Waals surface area contributed by atoms with Gasteiger partial charge in [0.05, 0.1) is 0 Å². The van der Waals surface area contributed by atoms with Gasteiger partial charge in [0.2, 0.25) is 0 Å². The van der Waals surface area contributed by atoms with Crippen LogP contribution in [0.4, 0.5) is 5.69 Å². The minimum Gasteiger partial charge on any atom is -0.368 e. The topological polar surface area (TPSA) is 20.3 Å². The molecule has 0 aromatic heterocycles. The lowest BCUT2D eigenvalue weighted by molar-refractivity contribution is -0.120. The SMILES string of the molecule is Cc1cc(Br)cc(C)c1N1CCC(=O)CC1C. The Labute approximate surface area is 111 Å². The zero-order valence-electron chi connectivity index (χ0n) is 10.6. The molecule has 1 atom stereocenters. The monoisotopic (exact) mass is 295 g/mol. The highest BCUT2D eigenvalue weighted by Crippen LogP contribution is 2.32. The van der Waals surface area contributed by atoms with Gasteiger partial charge >= 0.3 is 0 Å². The summed E-state index contributed by atoms with van der Waals surface area (Å²) in [5.74, 6) is 0.390. The fourth-order valence-corrected chi connectivity index (χ4v) is 3.38. The fraction of sp³-hybridized carbons (Fsp3) is 0.500. The van der Waals surface area contributed by atoms with Crippen LogP contribution in [0.1, 0.15) is 30.9 Å². The molecule has 0 radical (unpaired) electrons. The zero-order chi connectivity index (χ0) is 12.6. The lowest BCUT2D eigenvalue weighted by Crippen LogP contribution is -2.41. The third-order valence-electron chi connectivity index (χ3n) is 3.43. The second-order valence-electron chi connectivity index (χ2n) is 4.92. The zero-order valence-corrected chi connectivity index (χ0v) is 12.2. The lowest BCUT2D eigenvalue weighted by atomic mass is 9.98. The van der Waals surface area contributed by atoms with Gasteiger partial charge in [-0.3, -0.25) is 4.79 Å². The second-order valence-corrected chi connectivity index (χ2v) is 5.84. The Morgan fingerprint density at radius 2 is 1.88 bits per heavy atom. The average Bonchev–Trinajstić information content (AvgIpc) is 2.19. The molecule has 0 N–H and O–H groups in total. The van der Waals surface area contributed by atoms with Crippen molar-refractivity contribution in [1.29, 1.82) is 0 Å². The third-order valence-corrected chi connectivity index (χ3v) is 3.89. The molecule has 2 rings (SSSR count). The van der Waals surface area contributed by atoms with Gasteiger partial charge in [0, 0.05) is 35.6 Å². The van der Waals surface area contributed by atoms with Crippen LogP contribution in [0, 0.1) is 13.8 Å². The maximum absolute atomic E-state index is 11.4. The minimum absolute atomic E-state index is 0.315. The molecule has 17 heavy (non-hydrogen) atoms. The van der Waals surface area contributed by atoms with Crippen LogP contribution in [0.25, 0.3) is 0 Å². The van der Waals surface area contributed by atoms with Crippen molar-refractivity contribution in [2.24, 2.45) is 0 Å². The normalized spacial score (nSPS) is 20.8. The van der Waals surface area contributed by atoms with Gasteiger partial charge in [-0.1, -0.05) is 15.9 Å². The summed E-state index contributed by atoms with van der Waals surface area (Å²) >= 11 is 3.52. The molecule has 92 valence electrons. The maximum Gasteiger partial charge on any atom is 0.136 e. The Morgan fingerprint density at radius 1 is 1.29 bits per heavy atom. The first kappa shape index (κ1) is 12.6. The van der Waals surface area contributed by atoms with Crippen molar-refractivity contribution in [1.82, 2.24) is 0 Å². The molecule has 0 saturated carbocycles. The van der Waals surface area contributed by atoms with Gasteiger partial charge in [-0.05, 0) is 44.0 Å². The number of piperidine rings is 1. The van der Waals surface area contributed by atoms with Gasteiger partial charge in [0.25, 0.3) is 0 Å². The smallest absolute Gasteiger partial charge is 0.136 e. The number of halogens is 1. The highest BCUT2D eigenvalue weighted by molar-refractivity contribution is 9.10. The van der Waals surface area contributed by atoms with Crippen LogP contribution in [0.15, 0.2) is 16.6 Å². The summed E-state index contributed by atoms with van der Waals surface area (Å²) in [6.45, 7) is 7.26. The van der Waals surface area contributed by atoms with Gasteiger partial charge in [-0.15, -0.1) is 0 Å². The number of hydrogen-bond donors (Lipinski definition) is 0. The summed E-state index contributed by atoms with van der Waals surface area (Å²) in [5, 5.41) is 0. The van der Waals surface area contributed by atoms with Gasteiger partial charge in [-0.25, -0.2) is 0 Å². The average molecular weight is 296 g/mol. The largest absolute Gasteiger partial charge is 0.368 e. The van der Waals surface area contributed by atoms with E-state index < -0.39 is 0 Å². The van der Waals surface area contributed by atoms with Gasteiger partial charge in [0.15, 0.2) is 0 Å². The van der Waals surface area contributed by atoms with Crippen molar-refractivity contribution in [2.45, 2.75) is 39.7 Å². The first-order chi connectivity index (χ1) is 7.99. The van der Waals surface area contributed by atoms with E-state index in [1.807, 2.05) is 0 Å². The van der Waals surface area contributed by atoms with Crippen LogP contribution in [0.3, 0.4) is 0 Å². The molecule has 1 fully saturated rings. The van der Waals surface area contributed by atoms with Crippen molar-refractivity contribution in [3.8, 4) is 0 Å². The Balaban J connectivity index is 2.37. The molecular formula is C14H18BrNO. The Kier molecular flexibility index (Phi) is 3.57. The molecule has 1 aliphatic rings. The Bertz CT molecular complexity index is 433. The van der Waals surface area contributed by atoms with Crippen LogP contribution < -0.4 is 4.90 Å². The van der Waals surface area contributed by atoms with Crippen LogP contribution in [-0.2, 0) is 4.79 Å². The molecule has 3 heteroatoms. The predicted octanol–water partition coefficient (Wildman–Crippen LogP) is 3.62. The molecular weight excluding hydrogens is 278 g/mol.